The highest BCUT2D eigenvalue weighted by Gasteiger charge is 2.27. The van der Waals surface area contributed by atoms with E-state index in [0.717, 1.165) is 29.6 Å². The van der Waals surface area contributed by atoms with E-state index in [9.17, 15) is 0 Å². The van der Waals surface area contributed by atoms with Crippen LogP contribution in [0, 0.1) is 0 Å². The first-order chi connectivity index (χ1) is 14.0. The first kappa shape index (κ1) is 24.5. The van der Waals surface area contributed by atoms with Crippen LogP contribution in [0.2, 0.25) is 0 Å². The molecule has 0 spiro atoms. The SMILES string of the molecule is CN=C(NCc1ccn(-c2ccc(OC)cc2)n1)NCC(C)(C)N1CCCCC1.I. The van der Waals surface area contributed by atoms with E-state index in [1.807, 2.05) is 41.2 Å². The standard InChI is InChI=1S/C22H34N6O.HI/c1-22(2,27-13-6-5-7-14-27)17-25-21(23-3)24-16-18-12-15-28(26-18)19-8-10-20(29-4)11-9-19;/h8-12,15H,5-7,13-14,16-17H2,1-4H3,(H2,23,24,25);1H. The largest absolute Gasteiger partial charge is 0.497 e. The molecule has 2 heterocycles. The van der Waals surface area contributed by atoms with E-state index in [0.29, 0.717) is 6.54 Å². The van der Waals surface area contributed by atoms with Gasteiger partial charge < -0.3 is 15.4 Å². The zero-order valence-electron chi connectivity index (χ0n) is 18.5. The molecular formula is C22H35IN6O. The number of halogens is 1. The van der Waals surface area contributed by atoms with Gasteiger partial charge >= 0.3 is 0 Å². The third-order valence-electron chi connectivity index (χ3n) is 5.54. The summed E-state index contributed by atoms with van der Waals surface area (Å²) >= 11 is 0. The van der Waals surface area contributed by atoms with Gasteiger partial charge in [-0.25, -0.2) is 4.68 Å². The molecule has 0 bridgehead atoms. The van der Waals surface area contributed by atoms with Crippen LogP contribution >= 0.6 is 24.0 Å². The van der Waals surface area contributed by atoms with Crippen LogP contribution in [0.3, 0.4) is 0 Å². The highest BCUT2D eigenvalue weighted by molar-refractivity contribution is 14.0. The van der Waals surface area contributed by atoms with Gasteiger partial charge in [-0.15, -0.1) is 24.0 Å². The average Bonchev–Trinajstić information content (AvgIpc) is 3.23. The molecule has 2 aromatic rings. The van der Waals surface area contributed by atoms with Gasteiger partial charge in [0.25, 0.3) is 0 Å². The Kier molecular flexibility index (Phi) is 9.41. The Bertz CT molecular complexity index is 796. The van der Waals surface area contributed by atoms with Gasteiger partial charge in [-0.2, -0.15) is 5.10 Å². The maximum atomic E-state index is 5.21. The highest BCUT2D eigenvalue weighted by atomic mass is 127. The van der Waals surface area contributed by atoms with Crippen LogP contribution in [0.25, 0.3) is 5.69 Å². The molecule has 8 heteroatoms. The Morgan fingerprint density at radius 3 is 2.43 bits per heavy atom. The minimum absolute atomic E-state index is 0. The molecule has 30 heavy (non-hydrogen) atoms. The molecule has 166 valence electrons. The van der Waals surface area contributed by atoms with Crippen molar-refractivity contribution in [3.63, 3.8) is 0 Å². The van der Waals surface area contributed by atoms with Crippen LogP contribution in [0.15, 0.2) is 41.5 Å². The summed E-state index contributed by atoms with van der Waals surface area (Å²) in [5, 5.41) is 11.5. The Morgan fingerprint density at radius 2 is 1.80 bits per heavy atom. The van der Waals surface area contributed by atoms with Crippen LogP contribution in [-0.2, 0) is 6.54 Å². The summed E-state index contributed by atoms with van der Waals surface area (Å²) in [5.74, 6) is 1.64. The number of ether oxygens (including phenoxy) is 1. The number of likely N-dealkylation sites (tertiary alicyclic amines) is 1. The summed E-state index contributed by atoms with van der Waals surface area (Å²) in [7, 11) is 3.47. The second kappa shape index (κ2) is 11.5. The molecule has 0 unspecified atom stereocenters. The number of aromatic nitrogens is 2. The van der Waals surface area contributed by atoms with Gasteiger partial charge in [0, 0.05) is 25.3 Å². The van der Waals surface area contributed by atoms with Gasteiger partial charge in [-0.05, 0) is 70.1 Å². The van der Waals surface area contributed by atoms with Crippen molar-refractivity contribution in [1.82, 2.24) is 25.3 Å². The highest BCUT2D eigenvalue weighted by Crippen LogP contribution is 2.19. The number of benzene rings is 1. The Labute approximate surface area is 197 Å². The van der Waals surface area contributed by atoms with Crippen molar-refractivity contribution in [2.75, 3.05) is 33.8 Å². The molecule has 0 amide bonds. The van der Waals surface area contributed by atoms with E-state index < -0.39 is 0 Å². The van der Waals surface area contributed by atoms with Crippen LogP contribution in [0.1, 0.15) is 38.8 Å². The molecule has 1 aliphatic rings. The Balaban J connectivity index is 0.00000320. The molecule has 3 rings (SSSR count). The van der Waals surface area contributed by atoms with E-state index in [4.69, 9.17) is 4.74 Å². The minimum atomic E-state index is 0. The predicted molar refractivity (Wildman–Crippen MR) is 133 cm³/mol. The third-order valence-corrected chi connectivity index (χ3v) is 5.54. The lowest BCUT2D eigenvalue weighted by molar-refractivity contribution is 0.0982. The van der Waals surface area contributed by atoms with Crippen molar-refractivity contribution < 1.29 is 4.74 Å². The Hall–Kier alpha value is -1.81. The van der Waals surface area contributed by atoms with Gasteiger partial charge in [-0.3, -0.25) is 9.89 Å². The number of aliphatic imine (C=N–C) groups is 1. The van der Waals surface area contributed by atoms with Crippen molar-refractivity contribution in [2.45, 2.75) is 45.2 Å². The first-order valence-corrected chi connectivity index (χ1v) is 10.4. The van der Waals surface area contributed by atoms with Gasteiger partial charge in [0.1, 0.15) is 5.75 Å². The molecule has 0 radical (unpaired) electrons. The number of methoxy groups -OCH3 is 1. The fourth-order valence-corrected chi connectivity index (χ4v) is 3.64. The lowest BCUT2D eigenvalue weighted by atomic mass is 9.98. The molecule has 1 fully saturated rings. The second-order valence-electron chi connectivity index (χ2n) is 8.09. The summed E-state index contributed by atoms with van der Waals surface area (Å²) < 4.78 is 7.08. The van der Waals surface area contributed by atoms with E-state index in [-0.39, 0.29) is 29.5 Å². The lowest BCUT2D eigenvalue weighted by Gasteiger charge is -2.41. The maximum Gasteiger partial charge on any atom is 0.191 e. The van der Waals surface area contributed by atoms with E-state index in [1.165, 1.54) is 32.4 Å². The zero-order valence-corrected chi connectivity index (χ0v) is 20.8. The number of nitrogens with zero attached hydrogens (tertiary/aromatic N) is 4. The smallest absolute Gasteiger partial charge is 0.191 e. The van der Waals surface area contributed by atoms with Crippen molar-refractivity contribution >= 4 is 29.9 Å². The quantitative estimate of drug-likeness (QED) is 0.329. The molecule has 1 aromatic carbocycles. The second-order valence-corrected chi connectivity index (χ2v) is 8.09. The van der Waals surface area contributed by atoms with Crippen LogP contribution in [-0.4, -0.2) is 60.0 Å². The molecular weight excluding hydrogens is 491 g/mol. The number of nitrogens with one attached hydrogen (secondary N) is 2. The average molecular weight is 526 g/mol. The zero-order chi connectivity index (χ0) is 20.7. The molecule has 1 aliphatic heterocycles. The van der Waals surface area contributed by atoms with E-state index >= 15 is 0 Å². The number of piperidine rings is 1. The third kappa shape index (κ3) is 6.60. The number of hydrogen-bond acceptors (Lipinski definition) is 4. The fourth-order valence-electron chi connectivity index (χ4n) is 3.64. The van der Waals surface area contributed by atoms with Crippen molar-refractivity contribution in [3.8, 4) is 11.4 Å². The number of rotatable bonds is 7. The fraction of sp³-hybridized carbons (Fsp3) is 0.545. The van der Waals surface area contributed by atoms with Gasteiger partial charge in [0.05, 0.1) is 25.0 Å². The summed E-state index contributed by atoms with van der Waals surface area (Å²) in [6.07, 6.45) is 5.92. The molecule has 1 aromatic heterocycles. The van der Waals surface area contributed by atoms with Gasteiger partial charge in [0.15, 0.2) is 5.96 Å². The molecule has 0 aliphatic carbocycles. The van der Waals surface area contributed by atoms with Crippen molar-refractivity contribution in [3.05, 3.63) is 42.2 Å². The lowest BCUT2D eigenvalue weighted by Crippen LogP contribution is -2.54. The van der Waals surface area contributed by atoms with Gasteiger partial charge in [-0.1, -0.05) is 6.42 Å². The molecule has 0 saturated carbocycles. The summed E-state index contributed by atoms with van der Waals surface area (Å²) in [6.45, 7) is 8.44. The summed E-state index contributed by atoms with van der Waals surface area (Å²) in [4.78, 5) is 6.94. The molecule has 1 saturated heterocycles. The molecule has 0 atom stereocenters. The van der Waals surface area contributed by atoms with Crippen LogP contribution in [0.4, 0.5) is 0 Å². The molecule has 2 N–H and O–H groups in total. The Morgan fingerprint density at radius 1 is 1.10 bits per heavy atom. The predicted octanol–water partition coefficient (Wildman–Crippen LogP) is 3.43. The van der Waals surface area contributed by atoms with E-state index in [1.54, 1.807) is 14.2 Å². The van der Waals surface area contributed by atoms with Crippen LogP contribution in [0.5, 0.6) is 5.75 Å². The normalized spacial score (nSPS) is 15.4. The van der Waals surface area contributed by atoms with Crippen LogP contribution < -0.4 is 15.4 Å². The van der Waals surface area contributed by atoms with Crippen molar-refractivity contribution in [1.29, 1.82) is 0 Å². The first-order valence-electron chi connectivity index (χ1n) is 10.4. The number of guanidine groups is 1. The molecule has 7 nitrogen and oxygen atoms in total. The van der Waals surface area contributed by atoms with Crippen molar-refractivity contribution in [2.24, 2.45) is 4.99 Å². The number of hydrogen-bond donors (Lipinski definition) is 2. The summed E-state index contributed by atoms with van der Waals surface area (Å²) in [6, 6.07) is 9.87. The minimum Gasteiger partial charge on any atom is -0.497 e. The summed E-state index contributed by atoms with van der Waals surface area (Å²) in [5.41, 5.74) is 2.07. The van der Waals surface area contributed by atoms with E-state index in [2.05, 4.69) is 39.5 Å². The monoisotopic (exact) mass is 526 g/mol. The topological polar surface area (TPSA) is 66.7 Å². The maximum absolute atomic E-state index is 5.21. The van der Waals surface area contributed by atoms with Gasteiger partial charge in [0.2, 0.25) is 0 Å².